The van der Waals surface area contributed by atoms with Crippen LogP contribution in [0, 0.1) is 0 Å². The Labute approximate surface area is 136 Å². The largest absolute Gasteiger partial charge is 0.423 e. The third-order valence-corrected chi connectivity index (χ3v) is 2.68. The third kappa shape index (κ3) is 4.14. The summed E-state index contributed by atoms with van der Waals surface area (Å²) in [5.41, 5.74) is -0.241. The number of nitrogens with zero attached hydrogens (tertiary/aromatic N) is 3. The normalized spacial score (nSPS) is 10.2. The van der Waals surface area contributed by atoms with Crippen LogP contribution in [0.2, 0.25) is 0 Å². The Hall–Kier alpha value is -3.27. The molecule has 126 valence electrons. The number of H-pyrrole nitrogens is 1. The van der Waals surface area contributed by atoms with Crippen LogP contribution in [0.25, 0.3) is 11.4 Å². The fraction of sp³-hybridized carbons (Fsp3) is 0.214. The summed E-state index contributed by atoms with van der Waals surface area (Å²) in [6, 6.07) is 4.35. The predicted molar refractivity (Wildman–Crippen MR) is 83.3 cm³/mol. The highest BCUT2D eigenvalue weighted by Crippen LogP contribution is 2.32. The number of rotatable bonds is 4. The molecule has 10 nitrogen and oxygen atoms in total. The second-order valence-electron chi connectivity index (χ2n) is 4.76. The van der Waals surface area contributed by atoms with E-state index in [1.807, 2.05) is 0 Å². The molecule has 3 N–H and O–H groups in total. The number of carbonyl (C=O) groups is 2. The van der Waals surface area contributed by atoms with Crippen molar-refractivity contribution in [1.82, 2.24) is 15.0 Å². The minimum absolute atomic E-state index is 0.00634. The quantitative estimate of drug-likeness (QED) is 0.342. The summed E-state index contributed by atoms with van der Waals surface area (Å²) < 4.78 is 10.0. The predicted octanol–water partition coefficient (Wildman–Crippen LogP) is -0.00760. The molecule has 0 saturated carbocycles. The number of aromatic nitrogens is 3. The highest BCUT2D eigenvalue weighted by atomic mass is 16.6. The van der Waals surface area contributed by atoms with Crippen LogP contribution in [0.15, 0.2) is 23.0 Å². The van der Waals surface area contributed by atoms with E-state index in [0.29, 0.717) is 5.56 Å². The first-order valence-electron chi connectivity index (χ1n) is 6.74. The van der Waals surface area contributed by atoms with Crippen molar-refractivity contribution in [2.24, 2.45) is 5.84 Å². The fourth-order valence-corrected chi connectivity index (χ4v) is 1.80. The Balaban J connectivity index is 2.53. The summed E-state index contributed by atoms with van der Waals surface area (Å²) >= 11 is 0. The van der Waals surface area contributed by atoms with E-state index in [9.17, 15) is 14.4 Å². The van der Waals surface area contributed by atoms with Gasteiger partial charge < -0.3 is 9.47 Å². The van der Waals surface area contributed by atoms with Gasteiger partial charge in [0.2, 0.25) is 5.95 Å². The van der Waals surface area contributed by atoms with Crippen molar-refractivity contribution < 1.29 is 19.1 Å². The van der Waals surface area contributed by atoms with Gasteiger partial charge in [0.15, 0.2) is 11.5 Å². The molecule has 0 fully saturated rings. The lowest BCUT2D eigenvalue weighted by atomic mass is 10.2. The molecular formula is C14H15N5O5. The number of aromatic amines is 1. The monoisotopic (exact) mass is 333 g/mol. The van der Waals surface area contributed by atoms with Crippen LogP contribution in [-0.4, -0.2) is 33.9 Å². The van der Waals surface area contributed by atoms with Crippen molar-refractivity contribution in [3.05, 3.63) is 28.7 Å². The SMILES string of the molecule is CC(=O)Oc1ccc(-c2nc(N(C)N)nc(=O)[nH]2)cc1OC(C)=O. The lowest BCUT2D eigenvalue weighted by Crippen LogP contribution is -2.30. The van der Waals surface area contributed by atoms with Crippen LogP contribution in [0.4, 0.5) is 5.95 Å². The zero-order valence-corrected chi connectivity index (χ0v) is 13.2. The van der Waals surface area contributed by atoms with Crippen LogP contribution in [0.5, 0.6) is 11.5 Å². The Morgan fingerprint density at radius 1 is 1.12 bits per heavy atom. The Morgan fingerprint density at radius 3 is 2.33 bits per heavy atom. The highest BCUT2D eigenvalue weighted by Gasteiger charge is 2.14. The summed E-state index contributed by atoms with van der Waals surface area (Å²) in [6.07, 6.45) is 0. The number of carbonyl (C=O) groups excluding carboxylic acids is 2. The topological polar surface area (TPSA) is 140 Å². The van der Waals surface area contributed by atoms with Gasteiger partial charge in [0.1, 0.15) is 5.82 Å². The van der Waals surface area contributed by atoms with Gasteiger partial charge in [-0.3, -0.25) is 19.6 Å². The number of hydrogen-bond donors (Lipinski definition) is 2. The first-order chi connectivity index (χ1) is 11.3. The van der Waals surface area contributed by atoms with E-state index in [1.54, 1.807) is 0 Å². The van der Waals surface area contributed by atoms with Crippen molar-refractivity contribution in [3.8, 4) is 22.9 Å². The Kier molecular flexibility index (Phi) is 4.90. The Bertz CT molecular complexity index is 846. The van der Waals surface area contributed by atoms with Crippen LogP contribution in [0.3, 0.4) is 0 Å². The smallest absolute Gasteiger partial charge is 0.349 e. The molecule has 2 rings (SSSR count). The standard InChI is InChI=1S/C14H15N5O5/c1-7(20)23-10-5-4-9(6-11(10)24-8(2)21)12-16-13(19(3)15)18-14(22)17-12/h4-6H,15H2,1-3H3,(H,16,17,18,22). The molecule has 10 heteroatoms. The summed E-state index contributed by atoms with van der Waals surface area (Å²) in [5.74, 6) is 4.60. The van der Waals surface area contributed by atoms with Crippen molar-refractivity contribution in [2.75, 3.05) is 12.1 Å². The summed E-state index contributed by atoms with van der Waals surface area (Å²) in [5, 5.41) is 1.08. The molecule has 24 heavy (non-hydrogen) atoms. The zero-order chi connectivity index (χ0) is 17.9. The fourth-order valence-electron chi connectivity index (χ4n) is 1.80. The average molecular weight is 333 g/mol. The molecule has 0 aliphatic heterocycles. The van der Waals surface area contributed by atoms with Crippen LogP contribution in [-0.2, 0) is 9.59 Å². The number of nitrogens with one attached hydrogen (secondary N) is 1. The van der Waals surface area contributed by atoms with Crippen molar-refractivity contribution in [2.45, 2.75) is 13.8 Å². The molecule has 0 saturated heterocycles. The summed E-state index contributed by atoms with van der Waals surface area (Å²) in [6.45, 7) is 2.43. The molecular weight excluding hydrogens is 318 g/mol. The number of benzene rings is 1. The van der Waals surface area contributed by atoms with E-state index >= 15 is 0 Å². The van der Waals surface area contributed by atoms with E-state index in [0.717, 1.165) is 5.01 Å². The number of hydrazine groups is 1. The maximum Gasteiger partial charge on any atom is 0.349 e. The van der Waals surface area contributed by atoms with Gasteiger partial charge >= 0.3 is 17.6 Å². The first kappa shape index (κ1) is 17.1. The maximum atomic E-state index is 11.6. The lowest BCUT2D eigenvalue weighted by molar-refractivity contribution is -0.134. The molecule has 1 heterocycles. The van der Waals surface area contributed by atoms with Gasteiger partial charge in [-0.2, -0.15) is 9.97 Å². The number of hydrogen-bond acceptors (Lipinski definition) is 9. The molecule has 0 aliphatic carbocycles. The lowest BCUT2D eigenvalue weighted by Gasteiger charge is -2.12. The van der Waals surface area contributed by atoms with Crippen LogP contribution >= 0.6 is 0 Å². The molecule has 0 spiro atoms. The van der Waals surface area contributed by atoms with E-state index in [2.05, 4.69) is 15.0 Å². The van der Waals surface area contributed by atoms with Gasteiger partial charge in [-0.05, 0) is 18.2 Å². The van der Waals surface area contributed by atoms with Crippen molar-refractivity contribution >= 4 is 17.9 Å². The van der Waals surface area contributed by atoms with Gasteiger partial charge in [-0.1, -0.05) is 0 Å². The second kappa shape index (κ2) is 6.87. The average Bonchev–Trinajstić information content (AvgIpc) is 2.47. The second-order valence-corrected chi connectivity index (χ2v) is 4.76. The molecule has 0 bridgehead atoms. The molecule has 1 aromatic heterocycles. The van der Waals surface area contributed by atoms with E-state index in [-0.39, 0.29) is 23.3 Å². The van der Waals surface area contributed by atoms with E-state index < -0.39 is 17.6 Å². The number of ether oxygens (including phenoxy) is 2. The third-order valence-electron chi connectivity index (χ3n) is 2.68. The molecule has 0 unspecified atom stereocenters. The Morgan fingerprint density at radius 2 is 1.75 bits per heavy atom. The highest BCUT2D eigenvalue weighted by molar-refractivity contribution is 5.75. The van der Waals surface area contributed by atoms with E-state index in [4.69, 9.17) is 15.3 Å². The minimum atomic E-state index is -0.648. The van der Waals surface area contributed by atoms with Gasteiger partial charge in [0.05, 0.1) is 0 Å². The van der Waals surface area contributed by atoms with Gasteiger partial charge in [-0.15, -0.1) is 0 Å². The first-order valence-corrected chi connectivity index (χ1v) is 6.74. The van der Waals surface area contributed by atoms with Crippen molar-refractivity contribution in [3.63, 3.8) is 0 Å². The number of esters is 2. The van der Waals surface area contributed by atoms with Gasteiger partial charge in [0, 0.05) is 26.5 Å². The summed E-state index contributed by atoms with van der Waals surface area (Å²) in [4.78, 5) is 44.1. The molecule has 0 amide bonds. The molecule has 0 aliphatic rings. The molecule has 2 aromatic rings. The summed E-state index contributed by atoms with van der Waals surface area (Å²) in [7, 11) is 1.48. The number of anilines is 1. The molecule has 0 radical (unpaired) electrons. The van der Waals surface area contributed by atoms with Crippen molar-refractivity contribution in [1.29, 1.82) is 0 Å². The van der Waals surface area contributed by atoms with Crippen LogP contribution in [0.1, 0.15) is 13.8 Å². The molecule has 1 aromatic carbocycles. The van der Waals surface area contributed by atoms with Gasteiger partial charge in [0.25, 0.3) is 0 Å². The van der Waals surface area contributed by atoms with E-state index in [1.165, 1.54) is 39.1 Å². The van der Waals surface area contributed by atoms with Gasteiger partial charge in [-0.25, -0.2) is 10.6 Å². The number of nitrogens with two attached hydrogens (primary N) is 1. The minimum Gasteiger partial charge on any atom is -0.423 e. The van der Waals surface area contributed by atoms with Crippen LogP contribution < -0.4 is 26.0 Å². The maximum absolute atomic E-state index is 11.6. The molecule has 0 atom stereocenters. The zero-order valence-electron chi connectivity index (χ0n) is 13.2.